The van der Waals surface area contributed by atoms with Crippen molar-refractivity contribution in [3.05, 3.63) is 36.0 Å². The highest BCUT2D eigenvalue weighted by molar-refractivity contribution is 6.06. The minimum Gasteiger partial charge on any atom is -0.360 e. The minimum atomic E-state index is 0.102. The van der Waals surface area contributed by atoms with Crippen LogP contribution in [0.25, 0.3) is 10.9 Å². The molecule has 1 amide bonds. The Morgan fingerprint density at radius 3 is 3.00 bits per heavy atom. The predicted octanol–water partition coefficient (Wildman–Crippen LogP) is 2.51. The predicted molar refractivity (Wildman–Crippen MR) is 80.6 cm³/mol. The molecule has 2 heterocycles. The Labute approximate surface area is 118 Å². The zero-order valence-electron chi connectivity index (χ0n) is 11.8. The lowest BCUT2D eigenvalue weighted by atomic mass is 9.95. The van der Waals surface area contributed by atoms with E-state index in [1.54, 1.807) is 0 Å². The van der Waals surface area contributed by atoms with Crippen LogP contribution in [0, 0.1) is 0 Å². The lowest BCUT2D eigenvalue weighted by Crippen LogP contribution is -2.51. The summed E-state index contributed by atoms with van der Waals surface area (Å²) < 4.78 is 0. The van der Waals surface area contributed by atoms with Gasteiger partial charge in [0.1, 0.15) is 0 Å². The molecule has 1 aliphatic rings. The number of aromatic nitrogens is 1. The second-order valence-electron chi connectivity index (χ2n) is 5.63. The molecule has 2 atom stereocenters. The van der Waals surface area contributed by atoms with Gasteiger partial charge in [-0.2, -0.15) is 0 Å². The number of carbonyl (C=O) groups excluding carboxylic acids is 1. The molecule has 2 unspecified atom stereocenters. The van der Waals surface area contributed by atoms with Crippen molar-refractivity contribution in [3.8, 4) is 0 Å². The fourth-order valence-electron chi connectivity index (χ4n) is 3.27. The number of hydrogen-bond donors (Lipinski definition) is 2. The van der Waals surface area contributed by atoms with Crippen LogP contribution in [0.15, 0.2) is 30.5 Å². The van der Waals surface area contributed by atoms with Gasteiger partial charge in [-0.3, -0.25) is 4.79 Å². The van der Waals surface area contributed by atoms with Gasteiger partial charge < -0.3 is 15.6 Å². The lowest BCUT2D eigenvalue weighted by molar-refractivity contribution is 0.0496. The average molecular weight is 271 g/mol. The van der Waals surface area contributed by atoms with Crippen molar-refractivity contribution in [2.75, 3.05) is 6.54 Å². The van der Waals surface area contributed by atoms with Gasteiger partial charge in [-0.05, 0) is 32.3 Å². The Morgan fingerprint density at radius 1 is 1.40 bits per heavy atom. The summed E-state index contributed by atoms with van der Waals surface area (Å²) in [6.07, 6.45) is 5.04. The van der Waals surface area contributed by atoms with E-state index in [2.05, 4.69) is 11.9 Å². The molecule has 2 aromatic rings. The van der Waals surface area contributed by atoms with Crippen LogP contribution in [0.4, 0.5) is 0 Å². The van der Waals surface area contributed by atoms with E-state index in [-0.39, 0.29) is 18.0 Å². The van der Waals surface area contributed by atoms with Gasteiger partial charge in [-0.25, -0.2) is 0 Å². The van der Waals surface area contributed by atoms with Crippen molar-refractivity contribution in [3.63, 3.8) is 0 Å². The van der Waals surface area contributed by atoms with Crippen molar-refractivity contribution in [1.29, 1.82) is 0 Å². The number of fused-ring (bicyclic) bond motifs is 1. The molecule has 1 aliphatic heterocycles. The molecule has 0 saturated carbocycles. The number of para-hydroxylation sites is 1. The third-order valence-electron chi connectivity index (χ3n) is 4.35. The lowest BCUT2D eigenvalue weighted by Gasteiger charge is -2.40. The molecule has 1 aromatic heterocycles. The molecular formula is C16H21N3O. The monoisotopic (exact) mass is 271 g/mol. The van der Waals surface area contributed by atoms with Crippen LogP contribution in [0.1, 0.15) is 36.5 Å². The van der Waals surface area contributed by atoms with Crippen LogP contribution in [-0.4, -0.2) is 34.4 Å². The highest BCUT2D eigenvalue weighted by Gasteiger charge is 2.32. The first-order valence-corrected chi connectivity index (χ1v) is 7.31. The maximum absolute atomic E-state index is 12.9. The maximum atomic E-state index is 12.9. The van der Waals surface area contributed by atoms with Gasteiger partial charge >= 0.3 is 0 Å². The van der Waals surface area contributed by atoms with E-state index in [0.717, 1.165) is 35.7 Å². The van der Waals surface area contributed by atoms with Crippen molar-refractivity contribution in [2.24, 2.45) is 5.73 Å². The summed E-state index contributed by atoms with van der Waals surface area (Å²) >= 11 is 0. The van der Waals surface area contributed by atoms with E-state index < -0.39 is 0 Å². The van der Waals surface area contributed by atoms with Gasteiger partial charge in [0.15, 0.2) is 0 Å². The van der Waals surface area contributed by atoms with E-state index >= 15 is 0 Å². The molecule has 0 aliphatic carbocycles. The number of likely N-dealkylation sites (tertiary alicyclic amines) is 1. The molecule has 0 bridgehead atoms. The number of H-pyrrole nitrogens is 1. The Bertz CT molecular complexity index is 619. The first kappa shape index (κ1) is 13.2. The molecule has 3 rings (SSSR count). The number of aromatic amines is 1. The summed E-state index contributed by atoms with van der Waals surface area (Å²) in [6.45, 7) is 2.66. The number of nitrogens with one attached hydrogen (secondary N) is 1. The van der Waals surface area contributed by atoms with Crippen molar-refractivity contribution < 1.29 is 4.79 Å². The molecule has 4 nitrogen and oxygen atoms in total. The Kier molecular flexibility index (Phi) is 3.49. The minimum absolute atomic E-state index is 0.102. The van der Waals surface area contributed by atoms with Crippen molar-refractivity contribution >= 4 is 16.8 Å². The Hall–Kier alpha value is -1.81. The zero-order chi connectivity index (χ0) is 14.1. The number of benzene rings is 1. The van der Waals surface area contributed by atoms with Crippen LogP contribution in [0.2, 0.25) is 0 Å². The standard InChI is InChI=1S/C16H21N3O/c1-11-5-4-6-12(9-17)19(11)16(20)14-10-18-15-8-3-2-7-13(14)15/h2-3,7-8,10-12,18H,4-6,9,17H2,1H3. The van der Waals surface area contributed by atoms with Gasteiger partial charge in [0.05, 0.1) is 5.56 Å². The Morgan fingerprint density at radius 2 is 2.20 bits per heavy atom. The second kappa shape index (κ2) is 5.29. The highest BCUT2D eigenvalue weighted by Crippen LogP contribution is 2.27. The van der Waals surface area contributed by atoms with Crippen LogP contribution in [-0.2, 0) is 0 Å². The van der Waals surface area contributed by atoms with Crippen LogP contribution in [0.3, 0.4) is 0 Å². The van der Waals surface area contributed by atoms with Gasteiger partial charge in [0.2, 0.25) is 0 Å². The Balaban J connectivity index is 1.98. The number of carbonyl (C=O) groups is 1. The van der Waals surface area contributed by atoms with E-state index in [1.807, 2.05) is 35.4 Å². The van der Waals surface area contributed by atoms with Gasteiger partial charge in [-0.15, -0.1) is 0 Å². The van der Waals surface area contributed by atoms with Gasteiger partial charge in [0.25, 0.3) is 5.91 Å². The fourth-order valence-corrected chi connectivity index (χ4v) is 3.27. The number of nitrogens with two attached hydrogens (primary N) is 1. The first-order chi connectivity index (χ1) is 9.72. The molecular weight excluding hydrogens is 250 g/mol. The number of rotatable bonds is 2. The molecule has 1 saturated heterocycles. The summed E-state index contributed by atoms with van der Waals surface area (Å²) in [7, 11) is 0. The van der Waals surface area contributed by atoms with Crippen LogP contribution >= 0.6 is 0 Å². The average Bonchev–Trinajstić information content (AvgIpc) is 2.90. The summed E-state index contributed by atoms with van der Waals surface area (Å²) in [4.78, 5) is 18.1. The smallest absolute Gasteiger partial charge is 0.256 e. The molecule has 0 spiro atoms. The van der Waals surface area contributed by atoms with Crippen LogP contribution < -0.4 is 5.73 Å². The van der Waals surface area contributed by atoms with E-state index in [9.17, 15) is 4.79 Å². The van der Waals surface area contributed by atoms with Crippen LogP contribution in [0.5, 0.6) is 0 Å². The molecule has 106 valence electrons. The normalized spacial score (nSPS) is 23.2. The molecule has 0 radical (unpaired) electrons. The molecule has 1 fully saturated rings. The van der Waals surface area contributed by atoms with Crippen molar-refractivity contribution in [1.82, 2.24) is 9.88 Å². The number of amides is 1. The van der Waals surface area contributed by atoms with Crippen molar-refractivity contribution in [2.45, 2.75) is 38.3 Å². The number of piperidine rings is 1. The summed E-state index contributed by atoms with van der Waals surface area (Å²) in [5.41, 5.74) is 7.62. The summed E-state index contributed by atoms with van der Waals surface area (Å²) in [5.74, 6) is 0.102. The fraction of sp³-hybridized carbons (Fsp3) is 0.438. The second-order valence-corrected chi connectivity index (χ2v) is 5.63. The SMILES string of the molecule is CC1CCCC(CN)N1C(=O)c1c[nH]c2ccccc12. The van der Waals surface area contributed by atoms with Gasteiger partial charge in [-0.1, -0.05) is 18.2 Å². The first-order valence-electron chi connectivity index (χ1n) is 7.31. The van der Waals surface area contributed by atoms with E-state index in [4.69, 9.17) is 5.73 Å². The third-order valence-corrected chi connectivity index (χ3v) is 4.35. The number of nitrogens with zero attached hydrogens (tertiary/aromatic N) is 1. The topological polar surface area (TPSA) is 62.1 Å². The summed E-state index contributed by atoms with van der Waals surface area (Å²) in [6, 6.07) is 8.35. The molecule has 1 aromatic carbocycles. The zero-order valence-corrected chi connectivity index (χ0v) is 11.8. The largest absolute Gasteiger partial charge is 0.360 e. The van der Waals surface area contributed by atoms with E-state index in [0.29, 0.717) is 6.54 Å². The maximum Gasteiger partial charge on any atom is 0.256 e. The number of hydrogen-bond acceptors (Lipinski definition) is 2. The molecule has 4 heteroatoms. The van der Waals surface area contributed by atoms with Gasteiger partial charge in [0, 0.05) is 35.7 Å². The summed E-state index contributed by atoms with van der Waals surface area (Å²) in [5, 5.41) is 0.992. The molecule has 20 heavy (non-hydrogen) atoms. The quantitative estimate of drug-likeness (QED) is 0.881. The molecule has 3 N–H and O–H groups in total. The third kappa shape index (κ3) is 2.10. The highest BCUT2D eigenvalue weighted by atomic mass is 16.2. The van der Waals surface area contributed by atoms with E-state index in [1.165, 1.54) is 0 Å².